The van der Waals surface area contributed by atoms with Crippen molar-refractivity contribution in [2.24, 2.45) is 0 Å². The highest BCUT2D eigenvalue weighted by Gasteiger charge is 2.36. The van der Waals surface area contributed by atoms with Crippen molar-refractivity contribution in [3.8, 4) is 11.5 Å². The van der Waals surface area contributed by atoms with E-state index in [2.05, 4.69) is 16.9 Å². The van der Waals surface area contributed by atoms with Gasteiger partial charge in [0.1, 0.15) is 5.57 Å². The van der Waals surface area contributed by atoms with Crippen molar-refractivity contribution in [1.82, 2.24) is 10.3 Å². The van der Waals surface area contributed by atoms with Crippen molar-refractivity contribution in [1.29, 1.82) is 0 Å². The Labute approximate surface area is 167 Å². The molecule has 3 rings (SSSR count). The number of amides is 4. The summed E-state index contributed by atoms with van der Waals surface area (Å²) in [6.07, 6.45) is 6.51. The average molecular weight is 393 g/mol. The molecule has 8 heteroatoms. The highest BCUT2D eigenvalue weighted by Crippen LogP contribution is 2.34. The molecule has 29 heavy (non-hydrogen) atoms. The lowest BCUT2D eigenvalue weighted by molar-refractivity contribution is -0.122. The lowest BCUT2D eigenvalue weighted by Gasteiger charge is -2.26. The number of pyridine rings is 1. The molecule has 1 aromatic heterocycles. The zero-order valence-corrected chi connectivity index (χ0v) is 16.0. The van der Waals surface area contributed by atoms with E-state index in [1.807, 2.05) is 0 Å². The largest absolute Gasteiger partial charge is 0.493 e. The van der Waals surface area contributed by atoms with Gasteiger partial charge >= 0.3 is 6.03 Å². The molecular weight excluding hydrogens is 374 g/mol. The van der Waals surface area contributed by atoms with Gasteiger partial charge in [0, 0.05) is 18.0 Å². The van der Waals surface area contributed by atoms with E-state index in [1.165, 1.54) is 44.8 Å². The average Bonchev–Trinajstić information content (AvgIpc) is 2.71. The Hall–Kier alpha value is -3.94. The van der Waals surface area contributed by atoms with Crippen LogP contribution in [0.2, 0.25) is 0 Å². The number of carbonyl (C=O) groups excluding carboxylic acids is 3. The first kappa shape index (κ1) is 19.8. The van der Waals surface area contributed by atoms with Crippen molar-refractivity contribution in [2.45, 2.75) is 6.42 Å². The van der Waals surface area contributed by atoms with E-state index in [0.717, 1.165) is 10.5 Å². The number of nitrogens with one attached hydrogen (secondary N) is 1. The molecule has 2 aromatic rings. The van der Waals surface area contributed by atoms with Crippen LogP contribution >= 0.6 is 0 Å². The maximum atomic E-state index is 12.9. The number of methoxy groups -OCH3 is 2. The molecule has 1 aliphatic rings. The number of barbiturate groups is 1. The van der Waals surface area contributed by atoms with Gasteiger partial charge in [-0.1, -0.05) is 6.08 Å². The number of ether oxygens (including phenoxy) is 2. The number of urea groups is 1. The lowest BCUT2D eigenvalue weighted by Crippen LogP contribution is -2.54. The van der Waals surface area contributed by atoms with Gasteiger partial charge < -0.3 is 9.47 Å². The van der Waals surface area contributed by atoms with E-state index in [0.29, 0.717) is 29.2 Å². The van der Waals surface area contributed by atoms with E-state index in [9.17, 15) is 14.4 Å². The second-order valence-electron chi connectivity index (χ2n) is 6.07. The zero-order valence-electron chi connectivity index (χ0n) is 16.0. The molecule has 1 fully saturated rings. The second kappa shape index (κ2) is 8.39. The van der Waals surface area contributed by atoms with Crippen LogP contribution in [0, 0.1) is 0 Å². The van der Waals surface area contributed by atoms with Crippen molar-refractivity contribution in [2.75, 3.05) is 19.1 Å². The van der Waals surface area contributed by atoms with Crippen LogP contribution in [0.1, 0.15) is 11.1 Å². The highest BCUT2D eigenvalue weighted by molar-refractivity contribution is 6.39. The fourth-order valence-electron chi connectivity index (χ4n) is 3.01. The van der Waals surface area contributed by atoms with Crippen LogP contribution in [-0.2, 0) is 16.0 Å². The van der Waals surface area contributed by atoms with Crippen molar-refractivity contribution in [3.63, 3.8) is 0 Å². The Morgan fingerprint density at radius 3 is 2.48 bits per heavy atom. The molecule has 1 N–H and O–H groups in total. The summed E-state index contributed by atoms with van der Waals surface area (Å²) in [7, 11) is 3.02. The van der Waals surface area contributed by atoms with E-state index in [4.69, 9.17) is 9.47 Å². The van der Waals surface area contributed by atoms with Gasteiger partial charge in [0.25, 0.3) is 11.8 Å². The SMILES string of the molecule is C=CCc1cc(/C=C2\C(=O)NC(=O)N(c3ccncc3)C2=O)cc(OC)c1OC. The topological polar surface area (TPSA) is 97.8 Å². The van der Waals surface area contributed by atoms with Gasteiger partial charge in [-0.25, -0.2) is 9.69 Å². The number of imide groups is 2. The monoisotopic (exact) mass is 393 g/mol. The third kappa shape index (κ3) is 3.86. The van der Waals surface area contributed by atoms with Gasteiger partial charge in [-0.2, -0.15) is 0 Å². The number of hydrogen-bond acceptors (Lipinski definition) is 6. The maximum Gasteiger partial charge on any atom is 0.335 e. The normalized spacial score (nSPS) is 15.3. The van der Waals surface area contributed by atoms with Crippen LogP contribution in [-0.4, -0.2) is 37.0 Å². The standard InChI is InChI=1S/C21H19N3O5/c1-4-5-14-10-13(12-17(28-2)18(14)29-3)11-16-19(25)23-21(27)24(20(16)26)15-6-8-22-9-7-15/h4,6-12H,1,5H2,2-3H3,(H,23,25,27)/b16-11+. The molecule has 148 valence electrons. The molecule has 0 bridgehead atoms. The van der Waals surface area contributed by atoms with Gasteiger partial charge in [0.05, 0.1) is 19.9 Å². The molecule has 0 radical (unpaired) electrons. The number of hydrogen-bond donors (Lipinski definition) is 1. The summed E-state index contributed by atoms with van der Waals surface area (Å²) < 4.78 is 10.8. The van der Waals surface area contributed by atoms with E-state index in [1.54, 1.807) is 18.2 Å². The van der Waals surface area contributed by atoms with Gasteiger partial charge in [0.2, 0.25) is 0 Å². The minimum Gasteiger partial charge on any atom is -0.493 e. The molecule has 1 aliphatic heterocycles. The molecule has 0 spiro atoms. The highest BCUT2D eigenvalue weighted by atomic mass is 16.5. The first-order valence-corrected chi connectivity index (χ1v) is 8.67. The number of nitrogens with zero attached hydrogens (tertiary/aromatic N) is 2. The fraction of sp³-hybridized carbons (Fsp3) is 0.143. The van der Waals surface area contributed by atoms with Crippen LogP contribution in [0.5, 0.6) is 11.5 Å². The van der Waals surface area contributed by atoms with E-state index in [-0.39, 0.29) is 5.57 Å². The first-order chi connectivity index (χ1) is 14.0. The summed E-state index contributed by atoms with van der Waals surface area (Å²) in [5, 5.41) is 2.19. The molecule has 2 heterocycles. The van der Waals surface area contributed by atoms with E-state index >= 15 is 0 Å². The third-order valence-electron chi connectivity index (χ3n) is 4.28. The summed E-state index contributed by atoms with van der Waals surface area (Å²) in [6.45, 7) is 3.73. The number of allylic oxidation sites excluding steroid dienone is 1. The molecule has 0 saturated carbocycles. The number of rotatable bonds is 6. The molecule has 4 amide bonds. The zero-order chi connectivity index (χ0) is 21.0. The molecule has 1 saturated heterocycles. The smallest absolute Gasteiger partial charge is 0.335 e. The molecule has 0 aliphatic carbocycles. The van der Waals surface area contributed by atoms with Gasteiger partial charge in [0.15, 0.2) is 11.5 Å². The quantitative estimate of drug-likeness (QED) is 0.460. The Balaban J connectivity index is 2.07. The fourth-order valence-corrected chi connectivity index (χ4v) is 3.01. The predicted molar refractivity (Wildman–Crippen MR) is 107 cm³/mol. The summed E-state index contributed by atoms with van der Waals surface area (Å²) in [5.74, 6) is -0.512. The summed E-state index contributed by atoms with van der Waals surface area (Å²) in [6, 6.07) is 5.60. The number of benzene rings is 1. The molecule has 1 aromatic carbocycles. The van der Waals surface area contributed by atoms with Crippen molar-refractivity contribution < 1.29 is 23.9 Å². The molecule has 8 nitrogen and oxygen atoms in total. The van der Waals surface area contributed by atoms with E-state index < -0.39 is 17.8 Å². The molecular formula is C21H19N3O5. The summed E-state index contributed by atoms with van der Waals surface area (Å²) >= 11 is 0. The van der Waals surface area contributed by atoms with Gasteiger partial charge in [-0.15, -0.1) is 6.58 Å². The second-order valence-corrected chi connectivity index (χ2v) is 6.07. The summed E-state index contributed by atoms with van der Waals surface area (Å²) in [4.78, 5) is 42.2. The Bertz CT molecular complexity index is 1010. The predicted octanol–water partition coefficient (Wildman–Crippen LogP) is 2.49. The number of carbonyl (C=O) groups is 3. The van der Waals surface area contributed by atoms with Gasteiger partial charge in [-0.05, 0) is 42.3 Å². The molecule has 0 atom stereocenters. The third-order valence-corrected chi connectivity index (χ3v) is 4.28. The summed E-state index contributed by atoms with van der Waals surface area (Å²) in [5.41, 5.74) is 1.44. The minimum absolute atomic E-state index is 0.182. The Kier molecular flexibility index (Phi) is 5.73. The van der Waals surface area contributed by atoms with Crippen LogP contribution in [0.15, 0.2) is 54.9 Å². The number of anilines is 1. The molecule has 0 unspecified atom stereocenters. The van der Waals surface area contributed by atoms with Crippen molar-refractivity contribution >= 4 is 29.6 Å². The van der Waals surface area contributed by atoms with Crippen molar-refractivity contribution in [3.05, 3.63) is 66.0 Å². The lowest BCUT2D eigenvalue weighted by atomic mass is 10.0. The van der Waals surface area contributed by atoms with Crippen LogP contribution in [0.3, 0.4) is 0 Å². The van der Waals surface area contributed by atoms with Crippen LogP contribution < -0.4 is 19.7 Å². The maximum absolute atomic E-state index is 12.9. The Morgan fingerprint density at radius 1 is 1.14 bits per heavy atom. The number of aromatic nitrogens is 1. The van der Waals surface area contributed by atoms with Crippen LogP contribution in [0.4, 0.5) is 10.5 Å². The minimum atomic E-state index is -0.817. The first-order valence-electron chi connectivity index (χ1n) is 8.67. The van der Waals surface area contributed by atoms with Gasteiger partial charge in [-0.3, -0.25) is 19.9 Å². The van der Waals surface area contributed by atoms with Crippen LogP contribution in [0.25, 0.3) is 6.08 Å². The Morgan fingerprint density at radius 2 is 1.86 bits per heavy atom.